The van der Waals surface area contributed by atoms with Gasteiger partial charge in [-0.25, -0.2) is 4.39 Å². The Morgan fingerprint density at radius 3 is 2.39 bits per heavy atom. The zero-order chi connectivity index (χ0) is 21.3. The van der Waals surface area contributed by atoms with Gasteiger partial charge >= 0.3 is 0 Å². The highest BCUT2D eigenvalue weighted by atomic mass is 79.9. The standard InChI is InChI=1S/C24H25BrFNO3.ClH/c1-2-29-23-13-18(14-27-15-22(28)19-6-4-3-5-7-19)12-21(25)24(23)30-16-17-8-10-20(26)11-9-17;/h3-13,22,27-28H,2,14-16H2,1H3;1H. The van der Waals surface area contributed by atoms with Gasteiger partial charge in [0, 0.05) is 13.1 Å². The molecule has 0 aliphatic carbocycles. The van der Waals surface area contributed by atoms with Crippen LogP contribution >= 0.6 is 28.3 Å². The predicted molar refractivity (Wildman–Crippen MR) is 126 cm³/mol. The molecule has 3 rings (SSSR count). The van der Waals surface area contributed by atoms with Crippen molar-refractivity contribution < 1.29 is 19.0 Å². The number of ether oxygens (including phenoxy) is 2. The highest BCUT2D eigenvalue weighted by molar-refractivity contribution is 9.10. The van der Waals surface area contributed by atoms with Crippen LogP contribution in [0.4, 0.5) is 4.39 Å². The van der Waals surface area contributed by atoms with Crippen molar-refractivity contribution in [2.75, 3.05) is 13.2 Å². The lowest BCUT2D eigenvalue weighted by molar-refractivity contribution is 0.174. The molecule has 2 N–H and O–H groups in total. The molecule has 0 radical (unpaired) electrons. The Bertz CT molecular complexity index is 942. The second-order valence-electron chi connectivity index (χ2n) is 6.81. The predicted octanol–water partition coefficient (Wildman–Crippen LogP) is 5.81. The monoisotopic (exact) mass is 509 g/mol. The minimum Gasteiger partial charge on any atom is -0.490 e. The van der Waals surface area contributed by atoms with Gasteiger partial charge in [0.15, 0.2) is 11.5 Å². The van der Waals surface area contributed by atoms with Crippen LogP contribution in [-0.4, -0.2) is 18.3 Å². The SMILES string of the molecule is CCOc1cc(CNCC(O)c2ccccc2)cc(Br)c1OCc1ccc(F)cc1.Cl. The summed E-state index contributed by atoms with van der Waals surface area (Å²) < 4.78 is 25.6. The second-order valence-corrected chi connectivity index (χ2v) is 7.66. The van der Waals surface area contributed by atoms with E-state index in [2.05, 4.69) is 21.2 Å². The van der Waals surface area contributed by atoms with Crippen molar-refractivity contribution in [3.63, 3.8) is 0 Å². The van der Waals surface area contributed by atoms with E-state index in [9.17, 15) is 9.50 Å². The third kappa shape index (κ3) is 7.51. The maximum absolute atomic E-state index is 13.1. The number of aliphatic hydroxyl groups is 1. The first-order chi connectivity index (χ1) is 14.6. The van der Waals surface area contributed by atoms with Crippen molar-refractivity contribution in [2.24, 2.45) is 0 Å². The topological polar surface area (TPSA) is 50.7 Å². The molecule has 0 spiro atoms. The summed E-state index contributed by atoms with van der Waals surface area (Å²) in [4.78, 5) is 0. The number of nitrogens with one attached hydrogen (secondary N) is 1. The first kappa shape index (κ1) is 25.1. The lowest BCUT2D eigenvalue weighted by Gasteiger charge is -2.17. The van der Waals surface area contributed by atoms with Crippen LogP contribution < -0.4 is 14.8 Å². The molecule has 0 saturated carbocycles. The van der Waals surface area contributed by atoms with E-state index in [0.717, 1.165) is 21.2 Å². The van der Waals surface area contributed by atoms with Crippen molar-refractivity contribution in [3.05, 3.63) is 93.7 Å². The summed E-state index contributed by atoms with van der Waals surface area (Å²) in [6.45, 7) is 3.73. The lowest BCUT2D eigenvalue weighted by atomic mass is 10.1. The molecule has 3 aromatic rings. The minimum atomic E-state index is -0.570. The van der Waals surface area contributed by atoms with Gasteiger partial charge in [-0.15, -0.1) is 12.4 Å². The molecule has 4 nitrogen and oxygen atoms in total. The number of halogens is 3. The number of aliphatic hydroxyl groups excluding tert-OH is 1. The number of hydrogen-bond donors (Lipinski definition) is 2. The second kappa shape index (κ2) is 12.7. The average Bonchev–Trinajstić information content (AvgIpc) is 2.75. The van der Waals surface area contributed by atoms with E-state index in [0.29, 0.717) is 37.8 Å². The van der Waals surface area contributed by atoms with E-state index in [1.54, 1.807) is 12.1 Å². The smallest absolute Gasteiger partial charge is 0.175 e. The van der Waals surface area contributed by atoms with Crippen molar-refractivity contribution in [2.45, 2.75) is 26.2 Å². The number of benzene rings is 3. The molecule has 166 valence electrons. The van der Waals surface area contributed by atoms with Gasteiger partial charge in [-0.1, -0.05) is 42.5 Å². The van der Waals surface area contributed by atoms with Gasteiger partial charge in [0.05, 0.1) is 17.2 Å². The third-order valence-electron chi connectivity index (χ3n) is 4.52. The summed E-state index contributed by atoms with van der Waals surface area (Å²) in [6, 6.07) is 19.7. The first-order valence-corrected chi connectivity index (χ1v) is 10.6. The Balaban J connectivity index is 0.00000341. The van der Waals surface area contributed by atoms with Crippen LogP contribution in [0.1, 0.15) is 29.7 Å². The first-order valence-electron chi connectivity index (χ1n) is 9.83. The van der Waals surface area contributed by atoms with Crippen LogP contribution in [0.15, 0.2) is 71.2 Å². The van der Waals surface area contributed by atoms with Gasteiger partial charge in [-0.3, -0.25) is 0 Å². The fourth-order valence-electron chi connectivity index (χ4n) is 3.01. The molecule has 0 aliphatic heterocycles. The van der Waals surface area contributed by atoms with Crippen molar-refractivity contribution >= 4 is 28.3 Å². The molecule has 3 aromatic carbocycles. The minimum absolute atomic E-state index is 0. The van der Waals surface area contributed by atoms with Crippen molar-refractivity contribution in [1.82, 2.24) is 5.32 Å². The van der Waals surface area contributed by atoms with Crippen molar-refractivity contribution in [3.8, 4) is 11.5 Å². The lowest BCUT2D eigenvalue weighted by Crippen LogP contribution is -2.21. The zero-order valence-electron chi connectivity index (χ0n) is 17.2. The average molecular weight is 511 g/mol. The molecule has 0 fully saturated rings. The largest absolute Gasteiger partial charge is 0.490 e. The summed E-state index contributed by atoms with van der Waals surface area (Å²) >= 11 is 3.57. The molecule has 0 amide bonds. The van der Waals surface area contributed by atoms with Crippen LogP contribution in [0, 0.1) is 5.82 Å². The molecule has 31 heavy (non-hydrogen) atoms. The summed E-state index contributed by atoms with van der Waals surface area (Å²) in [5.41, 5.74) is 2.75. The van der Waals surface area contributed by atoms with Crippen LogP contribution in [-0.2, 0) is 13.2 Å². The van der Waals surface area contributed by atoms with E-state index in [-0.39, 0.29) is 18.2 Å². The summed E-state index contributed by atoms with van der Waals surface area (Å²) in [5.74, 6) is 0.966. The van der Waals surface area contributed by atoms with E-state index in [1.165, 1.54) is 12.1 Å². The summed E-state index contributed by atoms with van der Waals surface area (Å²) in [5, 5.41) is 13.6. The fraction of sp³-hybridized carbons (Fsp3) is 0.250. The normalized spacial score (nSPS) is 11.5. The maximum atomic E-state index is 13.1. The Labute approximate surface area is 196 Å². The molecular formula is C24H26BrClFNO3. The third-order valence-corrected chi connectivity index (χ3v) is 5.11. The van der Waals surface area contributed by atoms with E-state index in [4.69, 9.17) is 9.47 Å². The Morgan fingerprint density at radius 1 is 1.00 bits per heavy atom. The van der Waals surface area contributed by atoms with Gasteiger partial charge in [0.25, 0.3) is 0 Å². The van der Waals surface area contributed by atoms with Gasteiger partial charge in [0.2, 0.25) is 0 Å². The quantitative estimate of drug-likeness (QED) is 0.361. The highest BCUT2D eigenvalue weighted by Gasteiger charge is 2.13. The van der Waals surface area contributed by atoms with Crippen LogP contribution in [0.25, 0.3) is 0 Å². The number of hydrogen-bond acceptors (Lipinski definition) is 4. The molecule has 0 heterocycles. The summed E-state index contributed by atoms with van der Waals surface area (Å²) in [6.07, 6.45) is -0.570. The van der Waals surface area contributed by atoms with E-state index in [1.807, 2.05) is 49.4 Å². The van der Waals surface area contributed by atoms with Crippen molar-refractivity contribution in [1.29, 1.82) is 0 Å². The fourth-order valence-corrected chi connectivity index (χ4v) is 3.61. The zero-order valence-corrected chi connectivity index (χ0v) is 19.6. The Hall–Kier alpha value is -2.12. The molecule has 1 atom stereocenters. The highest BCUT2D eigenvalue weighted by Crippen LogP contribution is 2.37. The summed E-state index contributed by atoms with van der Waals surface area (Å²) in [7, 11) is 0. The van der Waals surface area contributed by atoms with Gasteiger partial charge in [-0.05, 0) is 63.8 Å². The Kier molecular flexibility index (Phi) is 10.3. The molecule has 7 heteroatoms. The van der Waals surface area contributed by atoms with Crippen LogP contribution in [0.2, 0.25) is 0 Å². The molecule has 0 aromatic heterocycles. The molecule has 0 saturated heterocycles. The van der Waals surface area contributed by atoms with E-state index >= 15 is 0 Å². The molecule has 0 bridgehead atoms. The molecule has 1 unspecified atom stereocenters. The maximum Gasteiger partial charge on any atom is 0.175 e. The van der Waals surface area contributed by atoms with Crippen LogP contribution in [0.3, 0.4) is 0 Å². The van der Waals surface area contributed by atoms with Gasteiger partial charge < -0.3 is 19.9 Å². The van der Waals surface area contributed by atoms with Gasteiger partial charge in [0.1, 0.15) is 12.4 Å². The van der Waals surface area contributed by atoms with Crippen LogP contribution in [0.5, 0.6) is 11.5 Å². The van der Waals surface area contributed by atoms with Gasteiger partial charge in [-0.2, -0.15) is 0 Å². The number of rotatable bonds is 10. The Morgan fingerprint density at radius 2 is 1.71 bits per heavy atom. The van der Waals surface area contributed by atoms with E-state index < -0.39 is 6.10 Å². The molecular weight excluding hydrogens is 485 g/mol. The molecule has 0 aliphatic rings.